The first-order chi connectivity index (χ1) is 12.2. The van der Waals surface area contributed by atoms with E-state index in [4.69, 9.17) is 4.74 Å². The van der Waals surface area contributed by atoms with Crippen molar-refractivity contribution in [1.29, 1.82) is 0 Å². The lowest BCUT2D eigenvalue weighted by molar-refractivity contribution is 0.102. The molecule has 1 heterocycles. The minimum Gasteiger partial charge on any atom is -0.497 e. The van der Waals surface area contributed by atoms with Gasteiger partial charge in [0, 0.05) is 16.8 Å². The second-order valence-corrected chi connectivity index (χ2v) is 6.84. The number of H-pyrrole nitrogens is 1. The maximum atomic E-state index is 12.8. The van der Waals surface area contributed by atoms with Crippen molar-refractivity contribution in [2.45, 2.75) is 26.2 Å². The third-order valence-electron chi connectivity index (χ3n) is 5.06. The lowest BCUT2D eigenvalue weighted by atomic mass is 9.87. The predicted octanol–water partition coefficient (Wildman–Crippen LogP) is 4.55. The number of para-hydroxylation sites is 1. The molecule has 0 bridgehead atoms. The van der Waals surface area contributed by atoms with Gasteiger partial charge in [-0.2, -0.15) is 0 Å². The summed E-state index contributed by atoms with van der Waals surface area (Å²) >= 11 is 0. The van der Waals surface area contributed by atoms with Crippen molar-refractivity contribution in [3.63, 3.8) is 0 Å². The Morgan fingerprint density at radius 1 is 1.20 bits per heavy atom. The molecule has 1 aliphatic rings. The molecule has 1 atom stereocenters. The Morgan fingerprint density at radius 2 is 2.00 bits per heavy atom. The molecular weight excluding hydrogens is 312 g/mol. The molecule has 0 radical (unpaired) electrons. The van der Waals surface area contributed by atoms with Crippen LogP contribution < -0.4 is 10.1 Å². The monoisotopic (exact) mass is 334 g/mol. The molecule has 2 N–H and O–H groups in total. The summed E-state index contributed by atoms with van der Waals surface area (Å²) in [5, 5.41) is 4.16. The Bertz CT molecular complexity index is 925. The molecule has 4 nitrogen and oxygen atoms in total. The number of carbonyl (C=O) groups is 1. The summed E-state index contributed by atoms with van der Waals surface area (Å²) in [5.41, 5.74) is 5.07. The second-order valence-electron chi connectivity index (χ2n) is 6.84. The van der Waals surface area contributed by atoms with E-state index in [1.807, 2.05) is 36.4 Å². The molecule has 1 aliphatic carbocycles. The van der Waals surface area contributed by atoms with Crippen LogP contribution in [0.2, 0.25) is 0 Å². The lowest BCUT2D eigenvalue weighted by Gasteiger charge is -2.17. The highest BCUT2D eigenvalue weighted by atomic mass is 16.5. The second kappa shape index (κ2) is 6.28. The zero-order valence-electron chi connectivity index (χ0n) is 14.6. The normalized spacial score (nSPS) is 16.5. The molecule has 4 heteroatoms. The van der Waals surface area contributed by atoms with E-state index in [1.165, 1.54) is 23.1 Å². The van der Waals surface area contributed by atoms with E-state index in [9.17, 15) is 4.79 Å². The molecule has 2 aromatic carbocycles. The number of rotatable bonds is 3. The highest BCUT2D eigenvalue weighted by molar-refractivity contribution is 6.12. The summed E-state index contributed by atoms with van der Waals surface area (Å²) in [6.45, 7) is 2.29. The molecule has 0 aliphatic heterocycles. The average molecular weight is 334 g/mol. The first-order valence-electron chi connectivity index (χ1n) is 8.73. The highest BCUT2D eigenvalue weighted by Crippen LogP contribution is 2.33. The van der Waals surface area contributed by atoms with Crippen LogP contribution in [0.15, 0.2) is 42.5 Å². The fourth-order valence-corrected chi connectivity index (χ4v) is 3.68. The van der Waals surface area contributed by atoms with Gasteiger partial charge in [0.15, 0.2) is 0 Å². The first kappa shape index (κ1) is 15.8. The smallest absolute Gasteiger partial charge is 0.257 e. The summed E-state index contributed by atoms with van der Waals surface area (Å²) in [6, 6.07) is 13.3. The van der Waals surface area contributed by atoms with Gasteiger partial charge >= 0.3 is 0 Å². The lowest BCUT2D eigenvalue weighted by Crippen LogP contribution is -2.12. The van der Waals surface area contributed by atoms with E-state index in [-0.39, 0.29) is 5.91 Å². The predicted molar refractivity (Wildman–Crippen MR) is 100 cm³/mol. The third kappa shape index (κ3) is 2.88. The van der Waals surface area contributed by atoms with E-state index >= 15 is 0 Å². The molecule has 3 aromatic rings. The summed E-state index contributed by atoms with van der Waals surface area (Å²) in [6.07, 6.45) is 3.34. The number of aromatic nitrogens is 1. The molecular formula is C21H22N2O2. The fraction of sp³-hybridized carbons (Fsp3) is 0.286. The van der Waals surface area contributed by atoms with Crippen LogP contribution in [0.25, 0.3) is 10.9 Å². The van der Waals surface area contributed by atoms with Crippen LogP contribution in [0.4, 0.5) is 5.69 Å². The number of nitrogens with one attached hydrogen (secondary N) is 2. The number of hydrogen-bond acceptors (Lipinski definition) is 2. The largest absolute Gasteiger partial charge is 0.497 e. The van der Waals surface area contributed by atoms with Crippen LogP contribution in [0, 0.1) is 5.92 Å². The zero-order valence-corrected chi connectivity index (χ0v) is 14.6. The quantitative estimate of drug-likeness (QED) is 0.738. The Hall–Kier alpha value is -2.75. The topological polar surface area (TPSA) is 54.1 Å². The van der Waals surface area contributed by atoms with Crippen molar-refractivity contribution in [2.75, 3.05) is 12.4 Å². The molecule has 1 unspecified atom stereocenters. The molecule has 0 spiro atoms. The summed E-state index contributed by atoms with van der Waals surface area (Å²) in [4.78, 5) is 16.3. The number of aryl methyl sites for hydroxylation is 1. The van der Waals surface area contributed by atoms with Crippen molar-refractivity contribution in [3.05, 3.63) is 59.3 Å². The summed E-state index contributed by atoms with van der Waals surface area (Å²) in [5.74, 6) is 1.37. The van der Waals surface area contributed by atoms with E-state index in [0.717, 1.165) is 29.8 Å². The molecule has 128 valence electrons. The highest BCUT2D eigenvalue weighted by Gasteiger charge is 2.22. The Morgan fingerprint density at radius 3 is 2.76 bits per heavy atom. The van der Waals surface area contributed by atoms with E-state index in [1.54, 1.807) is 7.11 Å². The maximum absolute atomic E-state index is 12.8. The first-order valence-corrected chi connectivity index (χ1v) is 8.73. The molecule has 0 saturated heterocycles. The minimum absolute atomic E-state index is 0.0950. The van der Waals surface area contributed by atoms with Crippen molar-refractivity contribution < 1.29 is 9.53 Å². The number of ether oxygens (including phenoxy) is 1. The molecule has 25 heavy (non-hydrogen) atoms. The van der Waals surface area contributed by atoms with E-state index in [0.29, 0.717) is 11.5 Å². The van der Waals surface area contributed by atoms with Crippen LogP contribution in [0.5, 0.6) is 5.75 Å². The van der Waals surface area contributed by atoms with Crippen molar-refractivity contribution in [2.24, 2.45) is 5.92 Å². The summed E-state index contributed by atoms with van der Waals surface area (Å²) in [7, 11) is 1.63. The van der Waals surface area contributed by atoms with Gasteiger partial charge in [0.05, 0.1) is 18.2 Å². The molecule has 1 amide bonds. The maximum Gasteiger partial charge on any atom is 0.257 e. The van der Waals surface area contributed by atoms with Gasteiger partial charge in [-0.15, -0.1) is 0 Å². The summed E-state index contributed by atoms with van der Waals surface area (Å²) < 4.78 is 5.15. The van der Waals surface area contributed by atoms with Crippen molar-refractivity contribution in [1.82, 2.24) is 4.98 Å². The van der Waals surface area contributed by atoms with Crippen LogP contribution in [0.1, 0.15) is 35.0 Å². The Balaban J connectivity index is 1.67. The van der Waals surface area contributed by atoms with Crippen molar-refractivity contribution in [3.8, 4) is 5.75 Å². The van der Waals surface area contributed by atoms with E-state index < -0.39 is 0 Å². The molecule has 0 fully saturated rings. The number of aromatic amines is 1. The molecule has 0 saturated carbocycles. The standard InChI is InChI=1S/C21H22N2O2/c1-13-6-11-19-18(12-13)16-4-3-5-17(20(16)23-19)21(24)22-14-7-9-15(25-2)10-8-14/h3-5,7-10,13,23H,6,11-12H2,1-2H3,(H,22,24). The SMILES string of the molecule is COc1ccc(NC(=O)c2cccc3c4c([nH]c23)CCC(C)C4)cc1. The van der Waals surface area contributed by atoms with Gasteiger partial charge in [-0.1, -0.05) is 19.1 Å². The third-order valence-corrected chi connectivity index (χ3v) is 5.06. The average Bonchev–Trinajstić information content (AvgIpc) is 3.00. The van der Waals surface area contributed by atoms with Crippen LogP contribution in [-0.2, 0) is 12.8 Å². The zero-order chi connectivity index (χ0) is 17.4. The molecule has 1 aromatic heterocycles. The number of hydrogen-bond donors (Lipinski definition) is 2. The van der Waals surface area contributed by atoms with Crippen LogP contribution in [-0.4, -0.2) is 18.0 Å². The number of amides is 1. The minimum atomic E-state index is -0.0950. The van der Waals surface area contributed by atoms with Gasteiger partial charge in [0.1, 0.15) is 5.75 Å². The Labute approximate surface area is 147 Å². The Kier molecular flexibility index (Phi) is 3.96. The number of anilines is 1. The van der Waals surface area contributed by atoms with Gasteiger partial charge in [-0.25, -0.2) is 0 Å². The van der Waals surface area contributed by atoms with Crippen LogP contribution in [0.3, 0.4) is 0 Å². The van der Waals surface area contributed by atoms with Gasteiger partial charge in [-0.3, -0.25) is 4.79 Å². The van der Waals surface area contributed by atoms with Gasteiger partial charge in [-0.05, 0) is 61.1 Å². The molecule has 4 rings (SSSR count). The van der Waals surface area contributed by atoms with Gasteiger partial charge < -0.3 is 15.0 Å². The van der Waals surface area contributed by atoms with Gasteiger partial charge in [0.25, 0.3) is 5.91 Å². The fourth-order valence-electron chi connectivity index (χ4n) is 3.68. The number of methoxy groups -OCH3 is 1. The van der Waals surface area contributed by atoms with Crippen molar-refractivity contribution >= 4 is 22.5 Å². The van der Waals surface area contributed by atoms with E-state index in [2.05, 4.69) is 23.3 Å². The van der Waals surface area contributed by atoms with Gasteiger partial charge in [0.2, 0.25) is 0 Å². The number of carbonyl (C=O) groups excluding carboxylic acids is 1. The number of fused-ring (bicyclic) bond motifs is 3. The number of benzene rings is 2. The van der Waals surface area contributed by atoms with Crippen LogP contribution >= 0.6 is 0 Å².